The minimum absolute atomic E-state index is 0.224. The molecule has 7 heteroatoms. The maximum Gasteiger partial charge on any atom is 0.244 e. The van der Waals surface area contributed by atoms with Crippen LogP contribution in [0.4, 0.5) is 0 Å². The Balaban J connectivity index is 1.70. The van der Waals surface area contributed by atoms with Crippen molar-refractivity contribution >= 4 is 34.5 Å². The summed E-state index contributed by atoms with van der Waals surface area (Å²) in [5.74, 6) is 0.798. The predicted molar refractivity (Wildman–Crippen MR) is 122 cm³/mol. The number of hydrogen-bond acceptors (Lipinski definition) is 4. The molecule has 1 N–H and O–H groups in total. The topological polar surface area (TPSA) is 76.3 Å². The molecule has 6 nitrogen and oxygen atoms in total. The normalized spacial score (nSPS) is 10.9. The van der Waals surface area contributed by atoms with Crippen LogP contribution in [-0.4, -0.2) is 24.2 Å². The number of nitrogens with zero attached hydrogens (tertiary/aromatic N) is 2. The van der Waals surface area contributed by atoms with E-state index in [1.807, 2.05) is 42.0 Å². The van der Waals surface area contributed by atoms with E-state index in [0.29, 0.717) is 42.6 Å². The number of hydrogen-bond donors (Lipinski definition) is 1. The molecule has 3 aromatic rings. The van der Waals surface area contributed by atoms with E-state index < -0.39 is 0 Å². The second-order valence-electron chi connectivity index (χ2n) is 6.80. The summed E-state index contributed by atoms with van der Waals surface area (Å²) in [4.78, 5) is 12.4. The first-order valence-corrected chi connectivity index (χ1v) is 10.3. The van der Waals surface area contributed by atoms with E-state index in [4.69, 9.17) is 26.3 Å². The summed E-state index contributed by atoms with van der Waals surface area (Å²) in [6, 6.07) is 13.6. The van der Waals surface area contributed by atoms with Crippen LogP contribution >= 0.6 is 11.6 Å². The fourth-order valence-corrected chi connectivity index (χ4v) is 3.62. The zero-order valence-corrected chi connectivity index (χ0v) is 18.3. The number of carbonyl (C=O) groups is 1. The number of carbonyl (C=O) groups excluding carboxylic acids is 1. The molecule has 0 aliphatic heterocycles. The van der Waals surface area contributed by atoms with Gasteiger partial charge in [0.1, 0.15) is 0 Å². The summed E-state index contributed by atoms with van der Waals surface area (Å²) in [5.41, 5.74) is 2.77. The highest BCUT2D eigenvalue weighted by molar-refractivity contribution is 6.32. The van der Waals surface area contributed by atoms with E-state index in [1.165, 1.54) is 6.08 Å². The average molecular weight is 438 g/mol. The van der Waals surface area contributed by atoms with Crippen LogP contribution in [-0.2, 0) is 17.9 Å². The second kappa shape index (κ2) is 10.6. The van der Waals surface area contributed by atoms with Gasteiger partial charge in [0.05, 0.1) is 31.2 Å². The number of rotatable bonds is 9. The van der Waals surface area contributed by atoms with Crippen molar-refractivity contribution in [2.24, 2.45) is 0 Å². The quantitative estimate of drug-likeness (QED) is 0.481. The van der Waals surface area contributed by atoms with Gasteiger partial charge in [0, 0.05) is 41.8 Å². The van der Waals surface area contributed by atoms with E-state index in [0.717, 1.165) is 22.0 Å². The maximum absolute atomic E-state index is 12.4. The third-order valence-electron chi connectivity index (χ3n) is 4.74. The number of benzene rings is 2. The third-order valence-corrected chi connectivity index (χ3v) is 5.02. The van der Waals surface area contributed by atoms with Gasteiger partial charge in [0.15, 0.2) is 11.5 Å². The highest BCUT2D eigenvalue weighted by Crippen LogP contribution is 2.36. The minimum atomic E-state index is -0.224. The van der Waals surface area contributed by atoms with Crippen LogP contribution in [0.15, 0.2) is 48.7 Å². The lowest BCUT2D eigenvalue weighted by Crippen LogP contribution is -2.20. The van der Waals surface area contributed by atoms with Gasteiger partial charge in [0.2, 0.25) is 5.91 Å². The molecule has 160 valence electrons. The summed E-state index contributed by atoms with van der Waals surface area (Å²) in [7, 11) is 1.55. The van der Waals surface area contributed by atoms with Gasteiger partial charge < -0.3 is 19.4 Å². The molecule has 1 aromatic heterocycles. The molecule has 0 fully saturated rings. The van der Waals surface area contributed by atoms with Crippen LogP contribution in [0.25, 0.3) is 17.0 Å². The zero-order valence-electron chi connectivity index (χ0n) is 17.5. The monoisotopic (exact) mass is 437 g/mol. The molecule has 0 spiro atoms. The first-order valence-electron chi connectivity index (χ1n) is 9.97. The molecule has 0 bridgehead atoms. The van der Waals surface area contributed by atoms with Gasteiger partial charge in [-0.05, 0) is 36.8 Å². The summed E-state index contributed by atoms with van der Waals surface area (Å²) in [6.07, 6.45) is 5.68. The van der Waals surface area contributed by atoms with Crippen molar-refractivity contribution < 1.29 is 14.3 Å². The molecule has 3 rings (SSSR count). The Labute approximate surface area is 186 Å². The van der Waals surface area contributed by atoms with Crippen molar-refractivity contribution in [2.75, 3.05) is 13.7 Å². The number of nitriles is 1. The Kier molecular flexibility index (Phi) is 7.58. The van der Waals surface area contributed by atoms with E-state index in [1.54, 1.807) is 25.3 Å². The number of nitrogens with one attached hydrogen (secondary N) is 1. The first kappa shape index (κ1) is 22.3. The molecule has 0 saturated carbocycles. The summed E-state index contributed by atoms with van der Waals surface area (Å²) < 4.78 is 12.9. The Morgan fingerprint density at radius 2 is 2.13 bits per heavy atom. The zero-order chi connectivity index (χ0) is 22.2. The molecule has 0 saturated heterocycles. The SMILES string of the molecule is CCOc1c(Cl)cc(CNC(=O)/C=C/c2cn(CCC#N)c3ccccc23)cc1OC. The first-order chi connectivity index (χ1) is 15.1. The van der Waals surface area contributed by atoms with Gasteiger partial charge in [0.25, 0.3) is 0 Å². The van der Waals surface area contributed by atoms with Crippen molar-refractivity contribution in [2.45, 2.75) is 26.4 Å². The van der Waals surface area contributed by atoms with Crippen LogP contribution in [0.1, 0.15) is 24.5 Å². The fraction of sp³-hybridized carbons (Fsp3) is 0.250. The molecule has 0 aliphatic carbocycles. The van der Waals surface area contributed by atoms with Crippen molar-refractivity contribution in [1.82, 2.24) is 9.88 Å². The Bertz CT molecular complexity index is 1140. The van der Waals surface area contributed by atoms with Crippen LogP contribution < -0.4 is 14.8 Å². The minimum Gasteiger partial charge on any atom is -0.493 e. The van der Waals surface area contributed by atoms with Crippen LogP contribution in [0.3, 0.4) is 0 Å². The number of ether oxygens (including phenoxy) is 2. The fourth-order valence-electron chi connectivity index (χ4n) is 3.34. The molecule has 0 radical (unpaired) electrons. The molecular formula is C24H24ClN3O3. The van der Waals surface area contributed by atoms with Gasteiger partial charge in [-0.1, -0.05) is 29.8 Å². The molecule has 0 unspecified atom stereocenters. The highest BCUT2D eigenvalue weighted by Gasteiger charge is 2.12. The van der Waals surface area contributed by atoms with Crippen molar-refractivity contribution in [3.05, 3.63) is 64.8 Å². The van der Waals surface area contributed by atoms with E-state index in [2.05, 4.69) is 11.4 Å². The Hall–Kier alpha value is -3.43. The standard InChI is InChI=1S/C24H24ClN3O3/c1-3-31-24-20(25)13-17(14-22(24)30-2)15-27-23(29)10-9-18-16-28(12-6-11-26)21-8-5-4-7-19(18)21/h4-5,7-10,13-14,16H,3,6,12,15H2,1-2H3,(H,27,29)/b10-9+. The Morgan fingerprint density at radius 3 is 2.87 bits per heavy atom. The Morgan fingerprint density at radius 1 is 1.32 bits per heavy atom. The van der Waals surface area contributed by atoms with Gasteiger partial charge in [-0.25, -0.2) is 0 Å². The van der Waals surface area contributed by atoms with Gasteiger partial charge in [-0.2, -0.15) is 5.26 Å². The number of amides is 1. The number of para-hydroxylation sites is 1. The van der Waals surface area contributed by atoms with Crippen molar-refractivity contribution in [1.29, 1.82) is 5.26 Å². The summed E-state index contributed by atoms with van der Waals surface area (Å²) >= 11 is 6.29. The van der Waals surface area contributed by atoms with Gasteiger partial charge >= 0.3 is 0 Å². The molecule has 2 aromatic carbocycles. The van der Waals surface area contributed by atoms with Crippen LogP contribution in [0, 0.1) is 11.3 Å². The third kappa shape index (κ3) is 5.39. The maximum atomic E-state index is 12.4. The van der Waals surface area contributed by atoms with Crippen molar-refractivity contribution in [3.63, 3.8) is 0 Å². The average Bonchev–Trinajstić information content (AvgIpc) is 3.14. The highest BCUT2D eigenvalue weighted by atomic mass is 35.5. The van der Waals surface area contributed by atoms with E-state index in [9.17, 15) is 4.79 Å². The lowest BCUT2D eigenvalue weighted by molar-refractivity contribution is -0.116. The van der Waals surface area contributed by atoms with E-state index >= 15 is 0 Å². The van der Waals surface area contributed by atoms with Gasteiger partial charge in [-0.3, -0.25) is 4.79 Å². The molecule has 0 atom stereocenters. The van der Waals surface area contributed by atoms with Gasteiger partial charge in [-0.15, -0.1) is 0 Å². The molecular weight excluding hydrogens is 414 g/mol. The number of aryl methyl sites for hydroxylation is 1. The summed E-state index contributed by atoms with van der Waals surface area (Å²) in [5, 5.41) is 13.2. The van der Waals surface area contributed by atoms with E-state index in [-0.39, 0.29) is 5.91 Å². The van der Waals surface area contributed by atoms with Crippen molar-refractivity contribution in [3.8, 4) is 17.6 Å². The largest absolute Gasteiger partial charge is 0.493 e. The lowest BCUT2D eigenvalue weighted by atomic mass is 10.1. The van der Waals surface area contributed by atoms with Crippen LogP contribution in [0.2, 0.25) is 5.02 Å². The molecule has 1 amide bonds. The molecule has 1 heterocycles. The summed E-state index contributed by atoms with van der Waals surface area (Å²) in [6.45, 7) is 3.26. The number of fused-ring (bicyclic) bond motifs is 1. The molecule has 0 aliphatic rings. The second-order valence-corrected chi connectivity index (χ2v) is 7.20. The lowest BCUT2D eigenvalue weighted by Gasteiger charge is -2.13. The number of methoxy groups -OCH3 is 1. The predicted octanol–water partition coefficient (Wildman–Crippen LogP) is 4.95. The molecule has 31 heavy (non-hydrogen) atoms. The number of aromatic nitrogens is 1. The number of halogens is 1. The smallest absolute Gasteiger partial charge is 0.244 e. The van der Waals surface area contributed by atoms with Crippen LogP contribution in [0.5, 0.6) is 11.5 Å².